The van der Waals surface area contributed by atoms with Crippen molar-refractivity contribution in [3.63, 3.8) is 0 Å². The summed E-state index contributed by atoms with van der Waals surface area (Å²) in [5.41, 5.74) is 2.29. The van der Waals surface area contributed by atoms with Crippen molar-refractivity contribution in [3.8, 4) is 5.75 Å². The molecule has 1 saturated heterocycles. The van der Waals surface area contributed by atoms with Crippen molar-refractivity contribution in [1.29, 1.82) is 0 Å². The minimum absolute atomic E-state index is 0. The number of amides is 1. The Morgan fingerprint density at radius 2 is 2.26 bits per heavy atom. The number of carbonyl (C=O) groups is 1. The Balaban J connectivity index is 0.00000261. The normalized spacial score (nSPS) is 17.0. The first-order valence-corrected chi connectivity index (χ1v) is 9.03. The van der Waals surface area contributed by atoms with E-state index in [0.717, 1.165) is 36.5 Å². The van der Waals surface area contributed by atoms with E-state index in [1.807, 2.05) is 43.5 Å². The number of hydrogen-bond donors (Lipinski definition) is 2. The first-order valence-electron chi connectivity index (χ1n) is 9.03. The predicted octanol–water partition coefficient (Wildman–Crippen LogP) is 1.95. The highest BCUT2D eigenvalue weighted by Gasteiger charge is 2.25. The van der Waals surface area contributed by atoms with Gasteiger partial charge in [-0.15, -0.1) is 12.4 Å². The molecule has 1 aliphatic heterocycles. The monoisotopic (exact) mass is 390 g/mol. The molecule has 1 fully saturated rings. The maximum atomic E-state index is 12.3. The number of nitrogens with zero attached hydrogens (tertiary/aromatic N) is 2. The second-order valence-corrected chi connectivity index (χ2v) is 6.49. The van der Waals surface area contributed by atoms with Gasteiger partial charge in [0.2, 0.25) is 5.91 Å². The van der Waals surface area contributed by atoms with E-state index in [2.05, 4.69) is 26.6 Å². The van der Waals surface area contributed by atoms with Crippen molar-refractivity contribution < 1.29 is 9.53 Å². The number of halogens is 1. The third-order valence-electron chi connectivity index (χ3n) is 4.45. The molecule has 7 heteroatoms. The number of carbonyl (C=O) groups excluding carboxylic acids is 1. The average Bonchev–Trinajstić information content (AvgIpc) is 2.66. The Labute approximate surface area is 166 Å². The molecule has 0 spiro atoms. The molecule has 146 valence electrons. The van der Waals surface area contributed by atoms with Crippen LogP contribution in [0, 0.1) is 6.92 Å². The fourth-order valence-electron chi connectivity index (χ4n) is 3.14. The van der Waals surface area contributed by atoms with E-state index in [9.17, 15) is 4.79 Å². The van der Waals surface area contributed by atoms with Crippen molar-refractivity contribution >= 4 is 18.3 Å². The molecule has 1 aromatic heterocycles. The van der Waals surface area contributed by atoms with Gasteiger partial charge in [-0.25, -0.2) is 0 Å². The molecule has 0 bridgehead atoms. The number of hydrogen-bond acceptors (Lipinski definition) is 5. The van der Waals surface area contributed by atoms with Crippen LogP contribution in [0.1, 0.15) is 17.2 Å². The summed E-state index contributed by atoms with van der Waals surface area (Å²) < 4.78 is 5.67. The molecule has 1 aromatic carbocycles. The van der Waals surface area contributed by atoms with Crippen LogP contribution in [0.15, 0.2) is 48.8 Å². The van der Waals surface area contributed by atoms with E-state index < -0.39 is 0 Å². The van der Waals surface area contributed by atoms with Crippen LogP contribution < -0.4 is 15.4 Å². The summed E-state index contributed by atoms with van der Waals surface area (Å²) >= 11 is 0. The van der Waals surface area contributed by atoms with E-state index >= 15 is 0 Å². The van der Waals surface area contributed by atoms with Crippen molar-refractivity contribution in [1.82, 2.24) is 20.5 Å². The van der Waals surface area contributed by atoms with E-state index in [0.29, 0.717) is 19.7 Å². The number of piperazine rings is 1. The molecule has 1 unspecified atom stereocenters. The number of pyridine rings is 1. The van der Waals surface area contributed by atoms with Crippen LogP contribution in [0.5, 0.6) is 5.75 Å². The second-order valence-electron chi connectivity index (χ2n) is 6.49. The summed E-state index contributed by atoms with van der Waals surface area (Å²) in [6, 6.07) is 12.1. The number of ether oxygens (including phenoxy) is 1. The van der Waals surface area contributed by atoms with Crippen LogP contribution in [0.3, 0.4) is 0 Å². The standard InChI is InChI=1S/C20H26N4O2.ClH/c1-16-4-2-6-18(12-16)26-11-9-23-20(25)15-24-10-8-22-14-19(24)17-5-3-7-21-13-17;/h2-7,12-13,19,22H,8-11,14-15H2,1H3,(H,23,25);1H. The lowest BCUT2D eigenvalue weighted by molar-refractivity contribution is -0.123. The Bertz CT molecular complexity index is 714. The first-order chi connectivity index (χ1) is 12.7. The summed E-state index contributed by atoms with van der Waals surface area (Å²) in [6.45, 7) is 5.93. The summed E-state index contributed by atoms with van der Waals surface area (Å²) in [5, 5.41) is 6.34. The van der Waals surface area contributed by atoms with Crippen molar-refractivity contribution in [2.45, 2.75) is 13.0 Å². The predicted molar refractivity (Wildman–Crippen MR) is 108 cm³/mol. The lowest BCUT2D eigenvalue weighted by atomic mass is 10.1. The minimum Gasteiger partial charge on any atom is -0.492 e. The number of rotatable bonds is 7. The maximum absolute atomic E-state index is 12.3. The quantitative estimate of drug-likeness (QED) is 0.707. The van der Waals surface area contributed by atoms with Gasteiger partial charge in [0.05, 0.1) is 13.1 Å². The summed E-state index contributed by atoms with van der Waals surface area (Å²) in [5.74, 6) is 0.853. The van der Waals surface area contributed by atoms with Gasteiger partial charge in [0.1, 0.15) is 12.4 Å². The first kappa shape index (κ1) is 21.2. The van der Waals surface area contributed by atoms with Crippen molar-refractivity contribution in [3.05, 3.63) is 59.9 Å². The number of benzene rings is 1. The van der Waals surface area contributed by atoms with Gasteiger partial charge in [0.25, 0.3) is 0 Å². The van der Waals surface area contributed by atoms with Gasteiger partial charge < -0.3 is 15.4 Å². The van der Waals surface area contributed by atoms with Gasteiger partial charge >= 0.3 is 0 Å². The summed E-state index contributed by atoms with van der Waals surface area (Å²) in [7, 11) is 0. The molecule has 2 N–H and O–H groups in total. The molecule has 1 amide bonds. The topological polar surface area (TPSA) is 66.5 Å². The number of aromatic nitrogens is 1. The molecule has 3 rings (SSSR count). The van der Waals surface area contributed by atoms with Gasteiger partial charge in [0, 0.05) is 38.1 Å². The highest BCUT2D eigenvalue weighted by molar-refractivity contribution is 5.85. The zero-order chi connectivity index (χ0) is 18.2. The lowest BCUT2D eigenvalue weighted by Gasteiger charge is -2.35. The number of nitrogens with one attached hydrogen (secondary N) is 2. The Hall–Kier alpha value is -2.15. The fraction of sp³-hybridized carbons (Fsp3) is 0.400. The molecule has 2 heterocycles. The van der Waals surface area contributed by atoms with Gasteiger partial charge in [-0.2, -0.15) is 0 Å². The third kappa shape index (κ3) is 6.50. The van der Waals surface area contributed by atoms with Gasteiger partial charge in [-0.3, -0.25) is 14.7 Å². The van der Waals surface area contributed by atoms with Crippen LogP contribution in [0.25, 0.3) is 0 Å². The van der Waals surface area contributed by atoms with Crippen LogP contribution in [-0.2, 0) is 4.79 Å². The largest absolute Gasteiger partial charge is 0.492 e. The number of aryl methyl sites for hydroxylation is 1. The smallest absolute Gasteiger partial charge is 0.234 e. The van der Waals surface area contributed by atoms with Gasteiger partial charge in [-0.05, 0) is 36.2 Å². The highest BCUT2D eigenvalue weighted by atomic mass is 35.5. The second kappa shape index (κ2) is 10.9. The Morgan fingerprint density at radius 3 is 3.04 bits per heavy atom. The van der Waals surface area contributed by atoms with E-state index in [4.69, 9.17) is 4.74 Å². The van der Waals surface area contributed by atoms with Crippen LogP contribution in [0.4, 0.5) is 0 Å². The summed E-state index contributed by atoms with van der Waals surface area (Å²) in [4.78, 5) is 18.7. The highest BCUT2D eigenvalue weighted by Crippen LogP contribution is 2.20. The molecule has 1 atom stereocenters. The van der Waals surface area contributed by atoms with E-state index in [1.165, 1.54) is 0 Å². The molecule has 27 heavy (non-hydrogen) atoms. The third-order valence-corrected chi connectivity index (χ3v) is 4.45. The molecule has 0 saturated carbocycles. The molecule has 2 aromatic rings. The van der Waals surface area contributed by atoms with Gasteiger partial charge in [-0.1, -0.05) is 18.2 Å². The van der Waals surface area contributed by atoms with Crippen LogP contribution in [0.2, 0.25) is 0 Å². The molecule has 1 aliphatic rings. The zero-order valence-electron chi connectivity index (χ0n) is 15.6. The molecular weight excluding hydrogens is 364 g/mol. The molecule has 6 nitrogen and oxygen atoms in total. The van der Waals surface area contributed by atoms with E-state index in [-0.39, 0.29) is 24.4 Å². The Morgan fingerprint density at radius 1 is 1.37 bits per heavy atom. The van der Waals surface area contributed by atoms with Gasteiger partial charge in [0.15, 0.2) is 0 Å². The average molecular weight is 391 g/mol. The van der Waals surface area contributed by atoms with Crippen molar-refractivity contribution in [2.75, 3.05) is 39.3 Å². The zero-order valence-corrected chi connectivity index (χ0v) is 16.4. The molecule has 0 radical (unpaired) electrons. The Kier molecular flexibility index (Phi) is 8.51. The van der Waals surface area contributed by atoms with Crippen LogP contribution >= 0.6 is 12.4 Å². The molecular formula is C20H27ClN4O2. The van der Waals surface area contributed by atoms with Crippen LogP contribution in [-0.4, -0.2) is 55.1 Å². The lowest BCUT2D eigenvalue weighted by Crippen LogP contribution is -2.49. The minimum atomic E-state index is 0. The van der Waals surface area contributed by atoms with E-state index in [1.54, 1.807) is 6.20 Å². The SMILES string of the molecule is Cc1cccc(OCCNC(=O)CN2CCNCC2c2cccnc2)c1.Cl. The summed E-state index contributed by atoms with van der Waals surface area (Å²) in [6.07, 6.45) is 3.64. The maximum Gasteiger partial charge on any atom is 0.234 e. The fourth-order valence-corrected chi connectivity index (χ4v) is 3.14. The molecule has 0 aliphatic carbocycles. The van der Waals surface area contributed by atoms with Crippen molar-refractivity contribution in [2.24, 2.45) is 0 Å².